The number of nitrogens with one attached hydrogen (secondary N) is 2. The van der Waals surface area contributed by atoms with Crippen LogP contribution >= 0.6 is 0 Å². The number of aliphatic hydroxyl groups excluding tert-OH is 1. The van der Waals surface area contributed by atoms with Crippen molar-refractivity contribution < 1.29 is 22.7 Å². The largest absolute Gasteiger partial charge is 0.392 e. The van der Waals surface area contributed by atoms with Crippen molar-refractivity contribution >= 4 is 16.6 Å². The number of aliphatic hydroxyl groups is 1. The van der Waals surface area contributed by atoms with Crippen molar-refractivity contribution in [1.82, 2.24) is 14.8 Å². The monoisotopic (exact) mass is 529 g/mol. The molecule has 0 spiro atoms. The van der Waals surface area contributed by atoms with Gasteiger partial charge < -0.3 is 15.4 Å². The molecule has 3 N–H and O–H groups in total. The topological polar surface area (TPSA) is 78.3 Å². The second kappa shape index (κ2) is 10.6. The van der Waals surface area contributed by atoms with E-state index in [0.29, 0.717) is 43.9 Å². The van der Waals surface area contributed by atoms with Crippen molar-refractivity contribution in [3.63, 3.8) is 0 Å². The van der Waals surface area contributed by atoms with Gasteiger partial charge in [-0.15, -0.1) is 0 Å². The van der Waals surface area contributed by atoms with Gasteiger partial charge in [0.15, 0.2) is 0 Å². The third kappa shape index (κ3) is 4.86. The first-order chi connectivity index (χ1) is 18.3. The SMILES string of the molecule is C[C@@H]1Cc2c([nH]c3ccccc23)[C@@H](c2c(F)cc(NC3CN(CCCF)C3)cc2F)N1CC(F)(C#N)CO. The molecule has 0 amide bonds. The first-order valence-corrected chi connectivity index (χ1v) is 12.9. The highest BCUT2D eigenvalue weighted by Gasteiger charge is 2.43. The molecule has 0 saturated carbocycles. The molecule has 1 fully saturated rings. The van der Waals surface area contributed by atoms with Gasteiger partial charge in [0.2, 0.25) is 5.67 Å². The Morgan fingerprint density at radius 3 is 2.58 bits per heavy atom. The summed E-state index contributed by atoms with van der Waals surface area (Å²) in [5, 5.41) is 23.0. The van der Waals surface area contributed by atoms with Gasteiger partial charge in [0, 0.05) is 60.1 Å². The molecule has 1 aromatic heterocycles. The molecule has 2 aliphatic rings. The van der Waals surface area contributed by atoms with Gasteiger partial charge >= 0.3 is 0 Å². The molecule has 2 aliphatic heterocycles. The lowest BCUT2D eigenvalue weighted by molar-refractivity contribution is 0.0383. The van der Waals surface area contributed by atoms with Gasteiger partial charge in [0.1, 0.15) is 17.7 Å². The Kier molecular flexibility index (Phi) is 7.36. The minimum absolute atomic E-state index is 0.00175. The van der Waals surface area contributed by atoms with Crippen molar-refractivity contribution in [1.29, 1.82) is 5.26 Å². The number of alkyl halides is 2. The summed E-state index contributed by atoms with van der Waals surface area (Å²) in [5.74, 6) is -1.58. The second-order valence-corrected chi connectivity index (χ2v) is 10.4. The Balaban J connectivity index is 1.51. The fourth-order valence-electron chi connectivity index (χ4n) is 5.77. The van der Waals surface area contributed by atoms with Crippen LogP contribution in [0.3, 0.4) is 0 Å². The Labute approximate surface area is 218 Å². The second-order valence-electron chi connectivity index (χ2n) is 10.4. The molecule has 3 aromatic rings. The van der Waals surface area contributed by atoms with Gasteiger partial charge in [0.05, 0.1) is 25.4 Å². The first kappa shape index (κ1) is 26.5. The zero-order chi connectivity index (χ0) is 27.0. The number of likely N-dealkylation sites (tertiary alicyclic amines) is 1. The molecule has 2 aromatic carbocycles. The minimum Gasteiger partial charge on any atom is -0.392 e. The number of aromatic amines is 1. The maximum atomic E-state index is 15.8. The van der Waals surface area contributed by atoms with E-state index in [-0.39, 0.29) is 24.3 Å². The molecular formula is C28H31F4N5O. The van der Waals surface area contributed by atoms with E-state index in [1.807, 2.05) is 31.2 Å². The zero-order valence-corrected chi connectivity index (χ0v) is 21.2. The number of nitrogens with zero attached hydrogens (tertiary/aromatic N) is 3. The van der Waals surface area contributed by atoms with Crippen molar-refractivity contribution in [2.45, 2.75) is 43.6 Å². The van der Waals surface area contributed by atoms with Crippen LogP contribution in [0.2, 0.25) is 0 Å². The normalized spacial score (nSPS) is 22.0. The van der Waals surface area contributed by atoms with Crippen LogP contribution in [0.25, 0.3) is 10.9 Å². The molecule has 0 aliphatic carbocycles. The molecule has 6 nitrogen and oxygen atoms in total. The van der Waals surface area contributed by atoms with E-state index in [2.05, 4.69) is 15.2 Å². The Morgan fingerprint density at radius 2 is 1.92 bits per heavy atom. The van der Waals surface area contributed by atoms with Crippen molar-refractivity contribution in [2.75, 3.05) is 44.8 Å². The molecule has 3 heterocycles. The zero-order valence-electron chi connectivity index (χ0n) is 21.2. The van der Waals surface area contributed by atoms with Crippen molar-refractivity contribution in [3.8, 4) is 6.07 Å². The highest BCUT2D eigenvalue weighted by atomic mass is 19.1. The number of para-hydroxylation sites is 1. The van der Waals surface area contributed by atoms with Crippen molar-refractivity contribution in [3.05, 3.63) is 64.9 Å². The van der Waals surface area contributed by atoms with Gasteiger partial charge in [0.25, 0.3) is 0 Å². The molecule has 1 saturated heterocycles. The number of hydrogen-bond acceptors (Lipinski definition) is 5. The van der Waals surface area contributed by atoms with Gasteiger partial charge in [-0.3, -0.25) is 14.2 Å². The van der Waals surface area contributed by atoms with Crippen LogP contribution in [0.1, 0.15) is 36.2 Å². The van der Waals surface area contributed by atoms with Gasteiger partial charge in [-0.25, -0.2) is 13.2 Å². The summed E-state index contributed by atoms with van der Waals surface area (Å²) >= 11 is 0. The van der Waals surface area contributed by atoms with Crippen molar-refractivity contribution in [2.24, 2.45) is 0 Å². The van der Waals surface area contributed by atoms with E-state index in [1.54, 1.807) is 4.90 Å². The molecular weight excluding hydrogens is 498 g/mol. The molecule has 1 unspecified atom stereocenters. The van der Waals surface area contributed by atoms with Gasteiger partial charge in [-0.05, 0) is 43.5 Å². The lowest BCUT2D eigenvalue weighted by Gasteiger charge is -2.43. The van der Waals surface area contributed by atoms with E-state index >= 15 is 13.2 Å². The molecule has 202 valence electrons. The van der Waals surface area contributed by atoms with Gasteiger partial charge in [-0.2, -0.15) is 5.26 Å². The molecule has 38 heavy (non-hydrogen) atoms. The van der Waals surface area contributed by atoms with Crippen LogP contribution in [0.4, 0.5) is 23.2 Å². The molecule has 0 radical (unpaired) electrons. The van der Waals surface area contributed by atoms with Crippen LogP contribution in [0.15, 0.2) is 36.4 Å². The standard InChI is InChI=1S/C28H31F4N5O/c1-17-9-21-20-5-2-3-6-24(20)35-26(21)27(37(17)15-28(32,14-33)16-38)25-22(30)10-18(11-23(25)31)34-19-12-36(13-19)8-4-7-29/h2-3,5-6,10-11,17,19,27,34-35,38H,4,7-9,12-13,15-16H2,1H3/t17-,27-,28?/m1/s1. The van der Waals surface area contributed by atoms with Crippen LogP contribution in [0.5, 0.6) is 0 Å². The summed E-state index contributed by atoms with van der Waals surface area (Å²) < 4.78 is 59.1. The average molecular weight is 530 g/mol. The Hall–Kier alpha value is -3.13. The Morgan fingerprint density at radius 1 is 1.21 bits per heavy atom. The maximum Gasteiger partial charge on any atom is 0.231 e. The Bertz CT molecular complexity index is 1330. The third-order valence-corrected chi connectivity index (χ3v) is 7.69. The number of halogens is 4. The third-order valence-electron chi connectivity index (χ3n) is 7.69. The average Bonchev–Trinajstić information content (AvgIpc) is 3.24. The summed E-state index contributed by atoms with van der Waals surface area (Å²) in [7, 11) is 0. The van der Waals surface area contributed by atoms with Gasteiger partial charge in [-0.1, -0.05) is 18.2 Å². The fourth-order valence-corrected chi connectivity index (χ4v) is 5.77. The number of rotatable bonds is 9. The number of H-pyrrole nitrogens is 1. The summed E-state index contributed by atoms with van der Waals surface area (Å²) in [6, 6.07) is 10.1. The smallest absolute Gasteiger partial charge is 0.231 e. The molecule has 0 bridgehead atoms. The maximum absolute atomic E-state index is 15.8. The minimum atomic E-state index is -2.59. The van der Waals surface area contributed by atoms with Crippen LogP contribution in [-0.4, -0.2) is 77.1 Å². The summed E-state index contributed by atoms with van der Waals surface area (Å²) in [6.45, 7) is 1.86. The number of nitriles is 1. The number of benzene rings is 2. The number of hydrogen-bond donors (Lipinski definition) is 3. The molecule has 5 rings (SSSR count). The quantitative estimate of drug-likeness (QED) is 0.357. The first-order valence-electron chi connectivity index (χ1n) is 12.9. The van der Waals surface area contributed by atoms with Crippen LogP contribution in [0, 0.1) is 23.0 Å². The molecule has 10 heteroatoms. The number of anilines is 1. The highest BCUT2D eigenvalue weighted by Crippen LogP contribution is 2.43. The highest BCUT2D eigenvalue weighted by molar-refractivity contribution is 5.85. The fraction of sp³-hybridized carbons (Fsp3) is 0.464. The van der Waals surface area contributed by atoms with Crippen LogP contribution in [-0.2, 0) is 6.42 Å². The lowest BCUT2D eigenvalue weighted by atomic mass is 9.87. The van der Waals surface area contributed by atoms with E-state index in [0.717, 1.165) is 16.5 Å². The predicted octanol–water partition coefficient (Wildman–Crippen LogP) is 4.46. The number of aromatic nitrogens is 1. The van der Waals surface area contributed by atoms with E-state index in [4.69, 9.17) is 0 Å². The summed E-state index contributed by atoms with van der Waals surface area (Å²) in [5.41, 5.74) is -0.313. The summed E-state index contributed by atoms with van der Waals surface area (Å²) in [6.07, 6.45) is 0.936. The predicted molar refractivity (Wildman–Crippen MR) is 137 cm³/mol. The lowest BCUT2D eigenvalue weighted by Crippen LogP contribution is -2.54. The van der Waals surface area contributed by atoms with E-state index in [1.165, 1.54) is 18.2 Å². The summed E-state index contributed by atoms with van der Waals surface area (Å²) in [4.78, 5) is 6.91. The molecule has 3 atom stereocenters. The van der Waals surface area contributed by atoms with E-state index < -0.39 is 36.5 Å². The number of fused-ring (bicyclic) bond motifs is 3. The van der Waals surface area contributed by atoms with Crippen LogP contribution < -0.4 is 5.32 Å². The van der Waals surface area contributed by atoms with E-state index in [9.17, 15) is 14.8 Å².